The Morgan fingerprint density at radius 1 is 1.10 bits per heavy atom. The number of para-hydroxylation sites is 1. The van der Waals surface area contributed by atoms with Crippen LogP contribution in [0, 0.1) is 3.57 Å². The van der Waals surface area contributed by atoms with Crippen LogP contribution in [-0.4, -0.2) is 24.6 Å². The van der Waals surface area contributed by atoms with Crippen LogP contribution in [0.2, 0.25) is 0 Å². The molecule has 0 unspecified atom stereocenters. The molecule has 0 spiro atoms. The van der Waals surface area contributed by atoms with Gasteiger partial charge in [0.05, 0.1) is 10.4 Å². The molecule has 4 nitrogen and oxygen atoms in total. The fraction of sp³-hybridized carbons (Fsp3) is 0.0714. The zero-order valence-corrected chi connectivity index (χ0v) is 13.6. The third-order valence-corrected chi connectivity index (χ3v) is 4.84. The Kier molecular flexibility index (Phi) is 3.29. The Hall–Kier alpha value is -1.41. The van der Waals surface area contributed by atoms with Crippen LogP contribution < -0.4 is 0 Å². The third-order valence-electron chi connectivity index (χ3n) is 2.99. The molecule has 1 heterocycles. The Balaban J connectivity index is 2.23. The summed E-state index contributed by atoms with van der Waals surface area (Å²) in [6.45, 7) is 0. The van der Waals surface area contributed by atoms with E-state index in [1.807, 2.05) is 30.3 Å². The largest absolute Gasteiger partial charge is 0.338 e. The van der Waals surface area contributed by atoms with Gasteiger partial charge < -0.3 is 4.98 Å². The predicted molar refractivity (Wildman–Crippen MR) is 87.4 cm³/mol. The molecule has 102 valence electrons. The number of fused-ring (bicyclic) bond motifs is 1. The third kappa shape index (κ3) is 2.45. The number of hydrogen-bond donors (Lipinski definition) is 1. The summed E-state index contributed by atoms with van der Waals surface area (Å²) in [4.78, 5) is 7.86. The lowest BCUT2D eigenvalue weighted by Gasteiger charge is -1.97. The van der Waals surface area contributed by atoms with E-state index in [4.69, 9.17) is 0 Å². The number of hydrogen-bond acceptors (Lipinski definition) is 3. The van der Waals surface area contributed by atoms with Gasteiger partial charge in [0, 0.05) is 15.4 Å². The quantitative estimate of drug-likeness (QED) is 0.675. The molecule has 0 amide bonds. The highest BCUT2D eigenvalue weighted by Crippen LogP contribution is 2.25. The van der Waals surface area contributed by atoms with Gasteiger partial charge in [-0.05, 0) is 46.9 Å². The lowest BCUT2D eigenvalue weighted by molar-refractivity contribution is 0.602. The van der Waals surface area contributed by atoms with Crippen LogP contribution in [0.3, 0.4) is 0 Å². The van der Waals surface area contributed by atoms with E-state index in [-0.39, 0.29) is 4.90 Å². The highest BCUT2D eigenvalue weighted by Gasteiger charge is 2.15. The monoisotopic (exact) mass is 398 g/mol. The van der Waals surface area contributed by atoms with Crippen molar-refractivity contribution in [2.24, 2.45) is 0 Å². The zero-order valence-electron chi connectivity index (χ0n) is 10.6. The molecule has 1 aromatic heterocycles. The number of aromatic nitrogens is 2. The Labute approximate surface area is 130 Å². The molecule has 2 aromatic carbocycles. The summed E-state index contributed by atoms with van der Waals surface area (Å²) in [7, 11) is -3.29. The summed E-state index contributed by atoms with van der Waals surface area (Å²) in [5.74, 6) is 0.674. The molecule has 1 N–H and O–H groups in total. The van der Waals surface area contributed by atoms with Gasteiger partial charge in [-0.1, -0.05) is 18.2 Å². The fourth-order valence-electron chi connectivity index (χ4n) is 2.05. The van der Waals surface area contributed by atoms with E-state index in [2.05, 4.69) is 32.6 Å². The van der Waals surface area contributed by atoms with Crippen molar-refractivity contribution in [1.29, 1.82) is 0 Å². The van der Waals surface area contributed by atoms with Crippen LogP contribution in [0.25, 0.3) is 22.4 Å². The number of aromatic amines is 1. The van der Waals surface area contributed by atoms with E-state index in [1.54, 1.807) is 12.1 Å². The molecule has 0 saturated heterocycles. The maximum absolute atomic E-state index is 11.8. The second-order valence-electron chi connectivity index (χ2n) is 4.52. The minimum absolute atomic E-state index is 0.253. The average molecular weight is 398 g/mol. The van der Waals surface area contributed by atoms with Crippen LogP contribution in [0.15, 0.2) is 47.4 Å². The molecule has 0 fully saturated rings. The number of nitrogens with one attached hydrogen (secondary N) is 1. The van der Waals surface area contributed by atoms with E-state index < -0.39 is 9.84 Å². The molecular weight excluding hydrogens is 387 g/mol. The van der Waals surface area contributed by atoms with E-state index in [1.165, 1.54) is 6.26 Å². The van der Waals surface area contributed by atoms with Gasteiger partial charge in [0.25, 0.3) is 0 Å². The molecule has 20 heavy (non-hydrogen) atoms. The summed E-state index contributed by atoms with van der Waals surface area (Å²) in [5, 5.41) is 0. The van der Waals surface area contributed by atoms with Crippen molar-refractivity contribution in [3.8, 4) is 11.4 Å². The highest BCUT2D eigenvalue weighted by atomic mass is 127. The van der Waals surface area contributed by atoms with Crippen molar-refractivity contribution < 1.29 is 8.42 Å². The summed E-state index contributed by atoms with van der Waals surface area (Å²) in [6.07, 6.45) is 1.20. The van der Waals surface area contributed by atoms with Crippen molar-refractivity contribution >= 4 is 43.5 Å². The standard InChI is InChI=1S/C14H11IN2O2S/c1-20(18,19)12-4-2-3-11-13(12)17-14(16-11)9-5-7-10(15)8-6-9/h2-8H,1H3,(H,16,17). The SMILES string of the molecule is CS(=O)(=O)c1cccc2[nH]c(-c3ccc(I)cc3)nc12. The number of H-pyrrole nitrogens is 1. The van der Waals surface area contributed by atoms with Crippen molar-refractivity contribution in [2.75, 3.05) is 6.26 Å². The molecule has 0 aliphatic carbocycles. The first-order chi connectivity index (χ1) is 9.45. The molecule has 0 atom stereocenters. The second-order valence-corrected chi connectivity index (χ2v) is 7.75. The minimum Gasteiger partial charge on any atom is -0.338 e. The van der Waals surface area contributed by atoms with Crippen LogP contribution in [0.4, 0.5) is 0 Å². The fourth-order valence-corrected chi connectivity index (χ4v) is 3.24. The zero-order chi connectivity index (χ0) is 14.3. The topological polar surface area (TPSA) is 62.8 Å². The summed E-state index contributed by atoms with van der Waals surface area (Å²) in [5.41, 5.74) is 2.14. The van der Waals surface area contributed by atoms with E-state index in [9.17, 15) is 8.42 Å². The van der Waals surface area contributed by atoms with Crippen LogP contribution in [0.5, 0.6) is 0 Å². The van der Waals surface area contributed by atoms with Gasteiger partial charge in [-0.2, -0.15) is 0 Å². The number of benzene rings is 2. The van der Waals surface area contributed by atoms with Gasteiger partial charge in [-0.3, -0.25) is 0 Å². The van der Waals surface area contributed by atoms with Gasteiger partial charge in [0.2, 0.25) is 0 Å². The average Bonchev–Trinajstić information content (AvgIpc) is 2.81. The van der Waals surface area contributed by atoms with Gasteiger partial charge >= 0.3 is 0 Å². The summed E-state index contributed by atoms with van der Waals surface area (Å²) >= 11 is 2.24. The maximum Gasteiger partial charge on any atom is 0.177 e. The maximum atomic E-state index is 11.8. The van der Waals surface area contributed by atoms with Crippen molar-refractivity contribution in [1.82, 2.24) is 9.97 Å². The lowest BCUT2D eigenvalue weighted by Crippen LogP contribution is -1.97. The first kappa shape index (κ1) is 13.6. The number of halogens is 1. The Morgan fingerprint density at radius 3 is 2.45 bits per heavy atom. The van der Waals surface area contributed by atoms with Crippen molar-refractivity contribution in [2.45, 2.75) is 4.90 Å². The normalized spacial score (nSPS) is 11.9. The molecule has 0 aliphatic heterocycles. The van der Waals surface area contributed by atoms with Gasteiger partial charge in [0.1, 0.15) is 11.3 Å². The second kappa shape index (κ2) is 4.85. The lowest BCUT2D eigenvalue weighted by atomic mass is 10.2. The Morgan fingerprint density at radius 2 is 1.80 bits per heavy atom. The number of imidazole rings is 1. The molecule has 6 heteroatoms. The van der Waals surface area contributed by atoms with Crippen molar-refractivity contribution in [3.63, 3.8) is 0 Å². The molecule has 3 rings (SSSR count). The molecule has 0 radical (unpaired) electrons. The number of sulfone groups is 1. The molecule has 0 bridgehead atoms. The van der Waals surface area contributed by atoms with Gasteiger partial charge in [-0.15, -0.1) is 0 Å². The van der Waals surface area contributed by atoms with E-state index >= 15 is 0 Å². The van der Waals surface area contributed by atoms with Crippen molar-refractivity contribution in [3.05, 3.63) is 46.0 Å². The molecule has 0 saturated carbocycles. The Bertz CT molecular complexity index is 883. The summed E-state index contributed by atoms with van der Waals surface area (Å²) < 4.78 is 24.7. The number of nitrogens with zero attached hydrogens (tertiary/aromatic N) is 1. The molecule has 3 aromatic rings. The first-order valence-electron chi connectivity index (χ1n) is 5.90. The van der Waals surface area contributed by atoms with E-state index in [0.29, 0.717) is 11.3 Å². The van der Waals surface area contributed by atoms with Crippen LogP contribution in [-0.2, 0) is 9.84 Å². The predicted octanol–water partition coefficient (Wildman–Crippen LogP) is 3.24. The number of rotatable bonds is 2. The van der Waals surface area contributed by atoms with E-state index in [0.717, 1.165) is 14.7 Å². The van der Waals surface area contributed by atoms with Crippen LogP contribution >= 0.6 is 22.6 Å². The summed E-state index contributed by atoms with van der Waals surface area (Å²) in [6, 6.07) is 13.0. The minimum atomic E-state index is -3.29. The van der Waals surface area contributed by atoms with Gasteiger partial charge in [-0.25, -0.2) is 13.4 Å². The van der Waals surface area contributed by atoms with Gasteiger partial charge in [0.15, 0.2) is 9.84 Å². The smallest absolute Gasteiger partial charge is 0.177 e. The highest BCUT2D eigenvalue weighted by molar-refractivity contribution is 14.1. The van der Waals surface area contributed by atoms with Crippen LogP contribution in [0.1, 0.15) is 0 Å². The first-order valence-corrected chi connectivity index (χ1v) is 8.87. The molecular formula is C14H11IN2O2S. The molecule has 0 aliphatic rings.